The molecule has 0 spiro atoms. The summed E-state index contributed by atoms with van der Waals surface area (Å²) in [6.45, 7) is 12.6. The van der Waals surface area contributed by atoms with Crippen molar-refractivity contribution < 1.29 is 4.74 Å². The predicted octanol–water partition coefficient (Wildman–Crippen LogP) is 8.64. The first-order valence-electron chi connectivity index (χ1n) is 15.1. The van der Waals surface area contributed by atoms with Crippen LogP contribution in [0.4, 0.5) is 11.4 Å². The minimum Gasteiger partial charge on any atom is -0.488 e. The molecule has 1 aromatic rings. The summed E-state index contributed by atoms with van der Waals surface area (Å²) in [6, 6.07) is 5.64. The molecule has 3 fully saturated rings. The molecule has 4 aliphatic carbocycles. The van der Waals surface area contributed by atoms with Crippen LogP contribution >= 0.6 is 0 Å². The third-order valence-corrected chi connectivity index (χ3v) is 11.6. The smallest absolute Gasteiger partial charge is 0.142 e. The van der Waals surface area contributed by atoms with Gasteiger partial charge in [-0.05, 0) is 109 Å². The van der Waals surface area contributed by atoms with Crippen molar-refractivity contribution in [2.24, 2.45) is 46.3 Å². The fourth-order valence-electron chi connectivity index (χ4n) is 9.61. The van der Waals surface area contributed by atoms with E-state index in [1.807, 2.05) is 18.2 Å². The summed E-state index contributed by atoms with van der Waals surface area (Å²) in [5.74, 6) is 6.11. The number of nitrogen functional groups attached to an aromatic ring is 2. The van der Waals surface area contributed by atoms with E-state index in [0.717, 1.165) is 54.1 Å². The first kappa shape index (κ1) is 26.0. The number of fused-ring (bicyclic) bond motifs is 5. The SMILES string of the molecule is CC(C)CCC[C@@H](C)[C@H]1CCC2C3CC=C4CC(Oc5ccc(N)cc5N)CC[C@]4(C)C3CC[C@@]21C. The van der Waals surface area contributed by atoms with Gasteiger partial charge >= 0.3 is 0 Å². The minimum absolute atomic E-state index is 0.225. The van der Waals surface area contributed by atoms with E-state index in [1.165, 1.54) is 57.8 Å². The maximum atomic E-state index is 6.42. The second kappa shape index (κ2) is 9.91. The Bertz CT molecular complexity index is 968. The molecule has 0 saturated heterocycles. The molecule has 4 N–H and O–H groups in total. The third-order valence-electron chi connectivity index (χ3n) is 11.6. The van der Waals surface area contributed by atoms with Gasteiger partial charge in [-0.15, -0.1) is 0 Å². The van der Waals surface area contributed by atoms with Crippen LogP contribution in [0.15, 0.2) is 29.8 Å². The lowest BCUT2D eigenvalue weighted by Gasteiger charge is -2.58. The van der Waals surface area contributed by atoms with Crippen LogP contribution in [-0.4, -0.2) is 6.10 Å². The molecule has 4 unspecified atom stereocenters. The van der Waals surface area contributed by atoms with Crippen LogP contribution in [0, 0.1) is 46.3 Å². The average molecular weight is 493 g/mol. The van der Waals surface area contributed by atoms with Gasteiger partial charge in [0.15, 0.2) is 0 Å². The number of anilines is 2. The Labute approximate surface area is 220 Å². The lowest BCUT2D eigenvalue weighted by molar-refractivity contribution is -0.0558. The molecule has 8 atom stereocenters. The van der Waals surface area contributed by atoms with Crippen molar-refractivity contribution in [2.45, 2.75) is 111 Å². The van der Waals surface area contributed by atoms with Crippen LogP contribution in [0.2, 0.25) is 0 Å². The number of allylic oxidation sites excluding steroid dienone is 1. The topological polar surface area (TPSA) is 61.3 Å². The van der Waals surface area contributed by atoms with E-state index in [0.29, 0.717) is 22.2 Å². The summed E-state index contributed by atoms with van der Waals surface area (Å²) in [7, 11) is 0. The monoisotopic (exact) mass is 492 g/mol. The molecular formula is C33H52N2O. The first-order chi connectivity index (χ1) is 17.1. The molecule has 0 amide bonds. The molecule has 3 saturated carbocycles. The molecule has 200 valence electrons. The van der Waals surface area contributed by atoms with Crippen molar-refractivity contribution in [1.82, 2.24) is 0 Å². The van der Waals surface area contributed by atoms with E-state index < -0.39 is 0 Å². The summed E-state index contributed by atoms with van der Waals surface area (Å²) >= 11 is 0. The van der Waals surface area contributed by atoms with Crippen molar-refractivity contribution in [1.29, 1.82) is 0 Å². The van der Waals surface area contributed by atoms with E-state index in [1.54, 1.807) is 5.57 Å². The van der Waals surface area contributed by atoms with Crippen molar-refractivity contribution in [2.75, 3.05) is 11.5 Å². The normalized spacial score (nSPS) is 38.6. The zero-order valence-electron chi connectivity index (χ0n) is 23.7. The molecule has 0 heterocycles. The van der Waals surface area contributed by atoms with Crippen LogP contribution in [0.5, 0.6) is 5.75 Å². The quantitative estimate of drug-likeness (QED) is 0.296. The molecule has 5 rings (SSSR count). The summed E-state index contributed by atoms with van der Waals surface area (Å²) in [4.78, 5) is 0. The molecule has 3 heteroatoms. The zero-order chi connectivity index (χ0) is 25.7. The standard InChI is InChI=1S/C33H52N2O/c1-21(2)7-6-8-22(3)27-12-13-28-26-11-9-23-19-25(36-31-14-10-24(34)20-30(31)35)15-17-32(23,4)29(26)16-18-33(27,28)5/h9-10,14,20-22,25-29H,6-8,11-13,15-19,34-35H2,1-5H3/t22-,25?,26?,27-,28?,29?,32+,33-/m1/s1. The zero-order valence-corrected chi connectivity index (χ0v) is 23.7. The molecule has 36 heavy (non-hydrogen) atoms. The molecule has 3 nitrogen and oxygen atoms in total. The number of hydrogen-bond donors (Lipinski definition) is 2. The summed E-state index contributed by atoms with van der Waals surface area (Å²) < 4.78 is 6.42. The predicted molar refractivity (Wildman–Crippen MR) is 153 cm³/mol. The Morgan fingerprint density at radius 2 is 1.78 bits per heavy atom. The van der Waals surface area contributed by atoms with E-state index in [9.17, 15) is 0 Å². The van der Waals surface area contributed by atoms with Gasteiger partial charge in [-0.2, -0.15) is 0 Å². The highest BCUT2D eigenvalue weighted by molar-refractivity contribution is 5.60. The maximum Gasteiger partial charge on any atom is 0.142 e. The number of hydrogen-bond acceptors (Lipinski definition) is 3. The Morgan fingerprint density at radius 3 is 2.53 bits per heavy atom. The highest BCUT2D eigenvalue weighted by atomic mass is 16.5. The van der Waals surface area contributed by atoms with Crippen molar-refractivity contribution in [3.63, 3.8) is 0 Å². The van der Waals surface area contributed by atoms with Crippen molar-refractivity contribution in [3.05, 3.63) is 29.8 Å². The fourth-order valence-corrected chi connectivity index (χ4v) is 9.61. The van der Waals surface area contributed by atoms with E-state index in [2.05, 4.69) is 40.7 Å². The lowest BCUT2D eigenvalue weighted by Crippen LogP contribution is -2.51. The van der Waals surface area contributed by atoms with Crippen molar-refractivity contribution in [3.8, 4) is 5.75 Å². The second-order valence-corrected chi connectivity index (χ2v) is 14.1. The molecule has 4 aliphatic rings. The summed E-state index contributed by atoms with van der Waals surface area (Å²) in [6.07, 6.45) is 17.7. The Morgan fingerprint density at radius 1 is 0.972 bits per heavy atom. The molecule has 0 aliphatic heterocycles. The number of benzene rings is 1. The molecular weight excluding hydrogens is 440 g/mol. The summed E-state index contributed by atoms with van der Waals surface area (Å²) in [5, 5.41) is 0. The average Bonchev–Trinajstić information content (AvgIpc) is 3.18. The van der Waals surface area contributed by atoms with Gasteiger partial charge in [0.25, 0.3) is 0 Å². The lowest BCUT2D eigenvalue weighted by atomic mass is 9.47. The number of rotatable bonds is 7. The van der Waals surface area contributed by atoms with Crippen LogP contribution in [-0.2, 0) is 0 Å². The maximum absolute atomic E-state index is 6.42. The first-order valence-corrected chi connectivity index (χ1v) is 15.1. The number of ether oxygens (including phenoxy) is 1. The van der Waals surface area contributed by atoms with Crippen molar-refractivity contribution >= 4 is 11.4 Å². The Kier molecular flexibility index (Phi) is 7.16. The molecule has 0 radical (unpaired) electrons. The Balaban J connectivity index is 1.27. The summed E-state index contributed by atoms with van der Waals surface area (Å²) in [5.41, 5.74) is 16.0. The highest BCUT2D eigenvalue weighted by Crippen LogP contribution is 2.67. The van der Waals surface area contributed by atoms with Gasteiger partial charge in [0.1, 0.15) is 11.9 Å². The van der Waals surface area contributed by atoms with E-state index in [-0.39, 0.29) is 6.10 Å². The molecule has 0 aromatic heterocycles. The van der Waals surface area contributed by atoms with Crippen LogP contribution in [0.1, 0.15) is 105 Å². The van der Waals surface area contributed by atoms with Gasteiger partial charge < -0.3 is 16.2 Å². The van der Waals surface area contributed by atoms with Gasteiger partial charge in [0.05, 0.1) is 5.69 Å². The van der Waals surface area contributed by atoms with E-state index in [4.69, 9.17) is 16.2 Å². The second-order valence-electron chi connectivity index (χ2n) is 14.1. The van der Waals surface area contributed by atoms with Gasteiger partial charge in [-0.3, -0.25) is 0 Å². The molecule has 1 aromatic carbocycles. The third kappa shape index (κ3) is 4.58. The highest BCUT2D eigenvalue weighted by Gasteiger charge is 2.59. The minimum atomic E-state index is 0.225. The van der Waals surface area contributed by atoms with Gasteiger partial charge in [0, 0.05) is 12.1 Å². The fraction of sp³-hybridized carbons (Fsp3) is 0.758. The van der Waals surface area contributed by atoms with Crippen LogP contribution < -0.4 is 16.2 Å². The van der Waals surface area contributed by atoms with Gasteiger partial charge in [-0.1, -0.05) is 65.5 Å². The van der Waals surface area contributed by atoms with Gasteiger partial charge in [0.2, 0.25) is 0 Å². The van der Waals surface area contributed by atoms with Crippen LogP contribution in [0.25, 0.3) is 0 Å². The van der Waals surface area contributed by atoms with Crippen LogP contribution in [0.3, 0.4) is 0 Å². The van der Waals surface area contributed by atoms with Gasteiger partial charge in [-0.25, -0.2) is 0 Å². The molecule has 0 bridgehead atoms. The Hall–Kier alpha value is -1.64. The largest absolute Gasteiger partial charge is 0.488 e. The van der Waals surface area contributed by atoms with E-state index >= 15 is 0 Å². The number of nitrogens with two attached hydrogens (primary N) is 2.